The van der Waals surface area contributed by atoms with Gasteiger partial charge in [-0.3, -0.25) is 0 Å². The van der Waals surface area contributed by atoms with Crippen LogP contribution >= 0.6 is 0 Å². The van der Waals surface area contributed by atoms with Crippen molar-refractivity contribution in [1.82, 2.24) is 9.55 Å². The fourth-order valence-electron chi connectivity index (χ4n) is 2.48. The van der Waals surface area contributed by atoms with E-state index in [1.807, 2.05) is 12.1 Å². The lowest BCUT2D eigenvalue weighted by Gasteiger charge is -2.07. The predicted octanol–water partition coefficient (Wildman–Crippen LogP) is 2.07. The molecular weight excluding hydrogens is 242 g/mol. The zero-order valence-electron chi connectivity index (χ0n) is 11.2. The molecule has 1 aliphatic heterocycles. The molecule has 0 amide bonds. The highest BCUT2D eigenvalue weighted by molar-refractivity contribution is 5.81. The van der Waals surface area contributed by atoms with Gasteiger partial charge in [0.1, 0.15) is 5.82 Å². The molecule has 0 aliphatic carbocycles. The molecule has 5 nitrogen and oxygen atoms in total. The van der Waals surface area contributed by atoms with Gasteiger partial charge in [-0.1, -0.05) is 6.92 Å². The van der Waals surface area contributed by atoms with Gasteiger partial charge >= 0.3 is 0 Å². The molecule has 5 heteroatoms. The zero-order chi connectivity index (χ0) is 13.2. The fourth-order valence-corrected chi connectivity index (χ4v) is 2.48. The largest absolute Gasteiger partial charge is 0.454 e. The highest BCUT2D eigenvalue weighted by Gasteiger charge is 2.18. The van der Waals surface area contributed by atoms with Crippen molar-refractivity contribution in [3.05, 3.63) is 18.0 Å². The maximum absolute atomic E-state index is 5.62. The molecule has 0 fully saturated rings. The average Bonchev–Trinajstić information content (AvgIpc) is 2.98. The highest BCUT2D eigenvalue weighted by Crippen LogP contribution is 2.36. The van der Waals surface area contributed by atoms with E-state index in [1.165, 1.54) is 0 Å². The SMILES string of the molecule is CCCc1nc2cc3c(cc2n1CCCN)OCO3. The van der Waals surface area contributed by atoms with Crippen LogP contribution in [0.15, 0.2) is 12.1 Å². The minimum Gasteiger partial charge on any atom is -0.454 e. The van der Waals surface area contributed by atoms with E-state index in [0.29, 0.717) is 13.3 Å². The summed E-state index contributed by atoms with van der Waals surface area (Å²) in [6.07, 6.45) is 3.01. The van der Waals surface area contributed by atoms with Crippen LogP contribution in [-0.4, -0.2) is 22.9 Å². The average molecular weight is 261 g/mol. The van der Waals surface area contributed by atoms with E-state index in [-0.39, 0.29) is 0 Å². The maximum Gasteiger partial charge on any atom is 0.231 e. The molecule has 0 unspecified atom stereocenters. The number of aryl methyl sites for hydroxylation is 2. The fraction of sp³-hybridized carbons (Fsp3) is 0.500. The van der Waals surface area contributed by atoms with Crippen molar-refractivity contribution < 1.29 is 9.47 Å². The van der Waals surface area contributed by atoms with Crippen molar-refractivity contribution in [3.8, 4) is 11.5 Å². The summed E-state index contributed by atoms with van der Waals surface area (Å²) in [7, 11) is 0. The van der Waals surface area contributed by atoms with Gasteiger partial charge in [-0.2, -0.15) is 0 Å². The summed E-state index contributed by atoms with van der Waals surface area (Å²) >= 11 is 0. The molecule has 2 N–H and O–H groups in total. The molecule has 2 aromatic rings. The van der Waals surface area contributed by atoms with Crippen LogP contribution in [-0.2, 0) is 13.0 Å². The summed E-state index contributed by atoms with van der Waals surface area (Å²) in [5.74, 6) is 2.72. The number of ether oxygens (including phenoxy) is 2. The second kappa shape index (κ2) is 5.09. The number of nitrogens with zero attached hydrogens (tertiary/aromatic N) is 2. The summed E-state index contributed by atoms with van der Waals surface area (Å²) in [5.41, 5.74) is 7.71. The molecule has 1 aliphatic rings. The van der Waals surface area contributed by atoms with E-state index in [4.69, 9.17) is 20.2 Å². The number of aromatic nitrogens is 2. The Morgan fingerprint density at radius 3 is 2.84 bits per heavy atom. The minimum atomic E-state index is 0.298. The first kappa shape index (κ1) is 12.3. The predicted molar refractivity (Wildman–Crippen MR) is 73.5 cm³/mol. The van der Waals surface area contributed by atoms with Crippen LogP contribution in [0.25, 0.3) is 11.0 Å². The highest BCUT2D eigenvalue weighted by atomic mass is 16.7. The summed E-state index contributed by atoms with van der Waals surface area (Å²) in [4.78, 5) is 4.72. The van der Waals surface area contributed by atoms with E-state index in [0.717, 1.165) is 54.2 Å². The molecule has 1 aromatic heterocycles. The Morgan fingerprint density at radius 2 is 2.11 bits per heavy atom. The number of hydrogen-bond acceptors (Lipinski definition) is 4. The Hall–Kier alpha value is -1.75. The van der Waals surface area contributed by atoms with E-state index in [1.54, 1.807) is 0 Å². The number of hydrogen-bond donors (Lipinski definition) is 1. The molecule has 2 heterocycles. The molecule has 0 atom stereocenters. The van der Waals surface area contributed by atoms with Gasteiger partial charge in [-0.15, -0.1) is 0 Å². The van der Waals surface area contributed by atoms with Gasteiger partial charge in [0.05, 0.1) is 11.0 Å². The molecule has 0 saturated carbocycles. The number of benzene rings is 1. The number of fused-ring (bicyclic) bond motifs is 2. The molecule has 0 bridgehead atoms. The summed E-state index contributed by atoms with van der Waals surface area (Å²) < 4.78 is 13.1. The molecule has 0 saturated heterocycles. The Labute approximate surface area is 112 Å². The zero-order valence-corrected chi connectivity index (χ0v) is 11.2. The second-order valence-corrected chi connectivity index (χ2v) is 4.77. The van der Waals surface area contributed by atoms with Gasteiger partial charge in [-0.25, -0.2) is 4.98 Å². The molecule has 1 aromatic carbocycles. The van der Waals surface area contributed by atoms with Crippen LogP contribution in [0.4, 0.5) is 0 Å². The van der Waals surface area contributed by atoms with Crippen LogP contribution in [0.3, 0.4) is 0 Å². The smallest absolute Gasteiger partial charge is 0.231 e. The lowest BCUT2D eigenvalue weighted by atomic mass is 10.2. The van der Waals surface area contributed by atoms with Crippen molar-refractivity contribution in [2.24, 2.45) is 5.73 Å². The van der Waals surface area contributed by atoms with E-state index in [9.17, 15) is 0 Å². The first-order valence-corrected chi connectivity index (χ1v) is 6.82. The maximum atomic E-state index is 5.62. The van der Waals surface area contributed by atoms with E-state index < -0.39 is 0 Å². The Balaban J connectivity index is 2.09. The third kappa shape index (κ3) is 2.14. The van der Waals surface area contributed by atoms with Gasteiger partial charge in [0, 0.05) is 25.1 Å². The first-order chi connectivity index (χ1) is 9.33. The van der Waals surface area contributed by atoms with Gasteiger partial charge in [0.15, 0.2) is 11.5 Å². The van der Waals surface area contributed by atoms with Crippen molar-refractivity contribution >= 4 is 11.0 Å². The Morgan fingerprint density at radius 1 is 1.32 bits per heavy atom. The monoisotopic (exact) mass is 261 g/mol. The van der Waals surface area contributed by atoms with E-state index in [2.05, 4.69) is 11.5 Å². The van der Waals surface area contributed by atoms with Gasteiger partial charge in [-0.05, 0) is 19.4 Å². The molecular formula is C14H19N3O2. The lowest BCUT2D eigenvalue weighted by Crippen LogP contribution is -2.08. The Kier molecular flexibility index (Phi) is 3.29. The third-order valence-corrected chi connectivity index (χ3v) is 3.38. The molecule has 0 spiro atoms. The van der Waals surface area contributed by atoms with Crippen LogP contribution in [0.2, 0.25) is 0 Å². The summed E-state index contributed by atoms with van der Waals surface area (Å²) in [5, 5.41) is 0. The second-order valence-electron chi connectivity index (χ2n) is 4.77. The quantitative estimate of drug-likeness (QED) is 0.895. The van der Waals surface area contributed by atoms with Crippen molar-refractivity contribution in [2.75, 3.05) is 13.3 Å². The van der Waals surface area contributed by atoms with E-state index >= 15 is 0 Å². The normalized spacial score (nSPS) is 13.4. The molecule has 3 rings (SSSR count). The third-order valence-electron chi connectivity index (χ3n) is 3.38. The number of nitrogens with two attached hydrogens (primary N) is 1. The summed E-state index contributed by atoms with van der Waals surface area (Å²) in [6.45, 7) is 4.06. The van der Waals surface area contributed by atoms with Crippen molar-refractivity contribution in [2.45, 2.75) is 32.7 Å². The number of imidazole rings is 1. The summed E-state index contributed by atoms with van der Waals surface area (Å²) in [6, 6.07) is 4.00. The topological polar surface area (TPSA) is 62.3 Å². The molecule has 19 heavy (non-hydrogen) atoms. The molecule has 0 radical (unpaired) electrons. The van der Waals surface area contributed by atoms with Crippen molar-refractivity contribution in [1.29, 1.82) is 0 Å². The minimum absolute atomic E-state index is 0.298. The van der Waals surface area contributed by atoms with Crippen molar-refractivity contribution in [3.63, 3.8) is 0 Å². The van der Waals surface area contributed by atoms with Gasteiger partial charge in [0.25, 0.3) is 0 Å². The van der Waals surface area contributed by atoms with Gasteiger partial charge in [0.2, 0.25) is 6.79 Å². The van der Waals surface area contributed by atoms with Gasteiger partial charge < -0.3 is 19.8 Å². The van der Waals surface area contributed by atoms with Crippen LogP contribution in [0.1, 0.15) is 25.6 Å². The first-order valence-electron chi connectivity index (χ1n) is 6.82. The number of rotatable bonds is 5. The lowest BCUT2D eigenvalue weighted by molar-refractivity contribution is 0.174. The van der Waals surface area contributed by atoms with Crippen LogP contribution < -0.4 is 15.2 Å². The standard InChI is InChI=1S/C14H19N3O2/c1-2-4-14-16-10-7-12-13(19-9-18-12)8-11(10)17(14)6-3-5-15/h7-8H,2-6,9,15H2,1H3. The molecule has 102 valence electrons. The van der Waals surface area contributed by atoms with Crippen LogP contribution in [0.5, 0.6) is 11.5 Å². The Bertz CT molecular complexity index is 592. The van der Waals surface area contributed by atoms with Crippen LogP contribution in [0, 0.1) is 0 Å².